The Bertz CT molecular complexity index is 508. The highest BCUT2D eigenvalue weighted by molar-refractivity contribution is 5.06. The van der Waals surface area contributed by atoms with E-state index in [4.69, 9.17) is 0 Å². The molecule has 0 aromatic carbocycles. The summed E-state index contributed by atoms with van der Waals surface area (Å²) in [6.07, 6.45) is 11.9. The van der Waals surface area contributed by atoms with Gasteiger partial charge in [0.1, 0.15) is 0 Å². The van der Waals surface area contributed by atoms with Crippen LogP contribution in [0, 0.1) is 46.8 Å². The van der Waals surface area contributed by atoms with Gasteiger partial charge in [0.25, 0.3) is 0 Å². The molecule has 10 atom stereocenters. The van der Waals surface area contributed by atoms with Crippen LogP contribution in [0.15, 0.2) is 0 Å². The van der Waals surface area contributed by atoms with Gasteiger partial charge in [0, 0.05) is 6.61 Å². The smallest absolute Gasteiger partial charge is 0.0602 e. The molecule has 3 heteroatoms. The lowest BCUT2D eigenvalue weighted by Crippen LogP contribution is -2.57. The highest BCUT2D eigenvalue weighted by Crippen LogP contribution is 2.60. The molecule has 0 spiro atoms. The lowest BCUT2D eigenvalue weighted by molar-refractivity contribution is -0.163. The van der Waals surface area contributed by atoms with Crippen LogP contribution in [0.2, 0.25) is 0 Å². The molecule has 3 rings (SSSR count). The van der Waals surface area contributed by atoms with E-state index in [1.54, 1.807) is 0 Å². The normalized spacial score (nSPS) is 47.3. The number of fused-ring (bicyclic) bond motifs is 3. The second-order valence-corrected chi connectivity index (χ2v) is 11.4. The molecule has 3 aliphatic carbocycles. The first-order valence-corrected chi connectivity index (χ1v) is 12.8. The Morgan fingerprint density at radius 2 is 1.79 bits per heavy atom. The van der Waals surface area contributed by atoms with Crippen molar-refractivity contribution in [3.05, 3.63) is 0 Å². The topological polar surface area (TPSA) is 60.7 Å². The first kappa shape index (κ1) is 23.5. The van der Waals surface area contributed by atoms with Gasteiger partial charge < -0.3 is 15.3 Å². The molecule has 3 N–H and O–H groups in total. The molecule has 170 valence electrons. The van der Waals surface area contributed by atoms with E-state index in [-0.39, 0.29) is 17.6 Å². The Kier molecular flexibility index (Phi) is 8.12. The SMILES string of the molecule is CCC1C(O)C2CCCC(C(C)CCCO)C(C)CCC2C2(C)CCC(O)CC12. The van der Waals surface area contributed by atoms with E-state index in [0.29, 0.717) is 36.2 Å². The predicted octanol–water partition coefficient (Wildman–Crippen LogP) is 5.41. The molecule has 29 heavy (non-hydrogen) atoms. The Labute approximate surface area is 179 Å². The predicted molar refractivity (Wildman–Crippen MR) is 119 cm³/mol. The van der Waals surface area contributed by atoms with Crippen molar-refractivity contribution in [1.82, 2.24) is 0 Å². The lowest BCUT2D eigenvalue weighted by Gasteiger charge is -2.60. The first-order chi connectivity index (χ1) is 13.8. The van der Waals surface area contributed by atoms with Gasteiger partial charge in [0.15, 0.2) is 0 Å². The van der Waals surface area contributed by atoms with Gasteiger partial charge in [-0.05, 0) is 98.2 Å². The molecule has 3 saturated carbocycles. The molecule has 3 fully saturated rings. The molecule has 0 aliphatic heterocycles. The molecular weight excluding hydrogens is 360 g/mol. The van der Waals surface area contributed by atoms with E-state index < -0.39 is 0 Å². The van der Waals surface area contributed by atoms with Crippen molar-refractivity contribution in [2.45, 2.75) is 111 Å². The zero-order chi connectivity index (χ0) is 21.2. The van der Waals surface area contributed by atoms with Gasteiger partial charge in [-0.1, -0.05) is 47.0 Å². The minimum absolute atomic E-state index is 0.169. The van der Waals surface area contributed by atoms with E-state index in [1.807, 2.05) is 0 Å². The summed E-state index contributed by atoms with van der Waals surface area (Å²) in [4.78, 5) is 0. The number of hydrogen-bond donors (Lipinski definition) is 3. The Morgan fingerprint density at radius 3 is 2.48 bits per heavy atom. The first-order valence-electron chi connectivity index (χ1n) is 12.8. The van der Waals surface area contributed by atoms with Crippen molar-refractivity contribution in [3.8, 4) is 0 Å². The van der Waals surface area contributed by atoms with Crippen molar-refractivity contribution in [1.29, 1.82) is 0 Å². The van der Waals surface area contributed by atoms with Crippen LogP contribution in [-0.2, 0) is 0 Å². The van der Waals surface area contributed by atoms with Crippen molar-refractivity contribution in [2.24, 2.45) is 46.8 Å². The van der Waals surface area contributed by atoms with Gasteiger partial charge in [-0.2, -0.15) is 0 Å². The van der Waals surface area contributed by atoms with E-state index in [0.717, 1.165) is 50.4 Å². The maximum absolute atomic E-state index is 11.5. The van der Waals surface area contributed by atoms with Crippen molar-refractivity contribution in [3.63, 3.8) is 0 Å². The summed E-state index contributed by atoms with van der Waals surface area (Å²) < 4.78 is 0. The van der Waals surface area contributed by atoms with Crippen LogP contribution in [0.4, 0.5) is 0 Å². The maximum atomic E-state index is 11.5. The largest absolute Gasteiger partial charge is 0.396 e. The van der Waals surface area contributed by atoms with Crippen LogP contribution >= 0.6 is 0 Å². The Morgan fingerprint density at radius 1 is 1.03 bits per heavy atom. The Hall–Kier alpha value is -0.120. The van der Waals surface area contributed by atoms with Crippen LogP contribution in [0.5, 0.6) is 0 Å². The van der Waals surface area contributed by atoms with Crippen LogP contribution in [0.3, 0.4) is 0 Å². The van der Waals surface area contributed by atoms with Crippen LogP contribution in [0.25, 0.3) is 0 Å². The summed E-state index contributed by atoms with van der Waals surface area (Å²) in [6, 6.07) is 0. The summed E-state index contributed by atoms with van der Waals surface area (Å²) in [6.45, 7) is 9.92. The van der Waals surface area contributed by atoms with Crippen molar-refractivity contribution >= 4 is 0 Å². The molecule has 0 amide bonds. The average molecular weight is 409 g/mol. The third-order valence-electron chi connectivity index (χ3n) is 9.91. The number of rotatable bonds is 5. The monoisotopic (exact) mass is 408 g/mol. The molecule has 0 aromatic rings. The molecule has 3 aliphatic rings. The molecule has 0 heterocycles. The number of hydrogen-bond acceptors (Lipinski definition) is 3. The minimum atomic E-state index is -0.188. The zero-order valence-electron chi connectivity index (χ0n) is 19.5. The molecule has 3 nitrogen and oxygen atoms in total. The quantitative estimate of drug-likeness (QED) is 0.570. The molecule has 0 bridgehead atoms. The number of aliphatic hydroxyl groups excluding tert-OH is 3. The summed E-state index contributed by atoms with van der Waals surface area (Å²) >= 11 is 0. The zero-order valence-corrected chi connectivity index (χ0v) is 19.5. The lowest BCUT2D eigenvalue weighted by atomic mass is 9.46. The molecule has 0 aromatic heterocycles. The number of aliphatic hydroxyl groups is 3. The summed E-state index contributed by atoms with van der Waals surface area (Å²) in [5.74, 6) is 4.02. The van der Waals surface area contributed by atoms with E-state index in [1.165, 1.54) is 32.1 Å². The van der Waals surface area contributed by atoms with E-state index >= 15 is 0 Å². The fourth-order valence-corrected chi connectivity index (χ4v) is 8.19. The third-order valence-corrected chi connectivity index (χ3v) is 9.91. The fraction of sp³-hybridized carbons (Fsp3) is 1.00. The van der Waals surface area contributed by atoms with Gasteiger partial charge in [-0.25, -0.2) is 0 Å². The molecular formula is C26H48O3. The van der Waals surface area contributed by atoms with Crippen LogP contribution in [-0.4, -0.2) is 34.1 Å². The minimum Gasteiger partial charge on any atom is -0.396 e. The fourth-order valence-electron chi connectivity index (χ4n) is 8.19. The second-order valence-electron chi connectivity index (χ2n) is 11.4. The summed E-state index contributed by atoms with van der Waals surface area (Å²) in [5.41, 5.74) is 0.284. The van der Waals surface area contributed by atoms with Crippen molar-refractivity contribution < 1.29 is 15.3 Å². The van der Waals surface area contributed by atoms with Crippen LogP contribution < -0.4 is 0 Å². The highest BCUT2D eigenvalue weighted by atomic mass is 16.3. The third kappa shape index (κ3) is 4.72. The van der Waals surface area contributed by atoms with Gasteiger partial charge in [0.05, 0.1) is 12.2 Å². The molecule has 0 radical (unpaired) electrons. The van der Waals surface area contributed by atoms with Crippen LogP contribution in [0.1, 0.15) is 98.3 Å². The maximum Gasteiger partial charge on any atom is 0.0602 e. The Balaban J connectivity index is 1.81. The standard InChI is InChI=1S/C26H48O3/c1-5-20-24-16-19(28)13-14-26(24,4)23-12-11-18(3)21(17(2)8-7-15-27)9-6-10-22(23)25(20)29/h17-25,27-29H,5-16H2,1-4H3. The summed E-state index contributed by atoms with van der Waals surface area (Å²) in [7, 11) is 0. The summed E-state index contributed by atoms with van der Waals surface area (Å²) in [5, 5.41) is 31.1. The van der Waals surface area contributed by atoms with Crippen molar-refractivity contribution in [2.75, 3.05) is 6.61 Å². The van der Waals surface area contributed by atoms with Gasteiger partial charge in [0.2, 0.25) is 0 Å². The van der Waals surface area contributed by atoms with Gasteiger partial charge >= 0.3 is 0 Å². The van der Waals surface area contributed by atoms with Gasteiger partial charge in [-0.3, -0.25) is 0 Å². The van der Waals surface area contributed by atoms with Gasteiger partial charge in [-0.15, -0.1) is 0 Å². The van der Waals surface area contributed by atoms with E-state index in [9.17, 15) is 15.3 Å². The molecule has 10 unspecified atom stereocenters. The molecule has 0 saturated heterocycles. The average Bonchev–Trinajstić information content (AvgIpc) is 2.78. The highest BCUT2D eigenvalue weighted by Gasteiger charge is 2.56. The second kappa shape index (κ2) is 10.0. The van der Waals surface area contributed by atoms with E-state index in [2.05, 4.69) is 27.7 Å².